The molecule has 1 saturated heterocycles. The van der Waals surface area contributed by atoms with E-state index in [0.29, 0.717) is 12.2 Å². The van der Waals surface area contributed by atoms with Gasteiger partial charge < -0.3 is 10.2 Å². The lowest BCUT2D eigenvalue weighted by molar-refractivity contribution is -0.131. The molecule has 2 aliphatic heterocycles. The third-order valence-corrected chi connectivity index (χ3v) is 5.31. The Balaban J connectivity index is 1.43. The number of imide groups is 1. The van der Waals surface area contributed by atoms with Gasteiger partial charge in [0.05, 0.1) is 5.69 Å². The number of fused-ring (bicyclic) bond motifs is 1. The molecule has 1 atom stereocenters. The summed E-state index contributed by atoms with van der Waals surface area (Å²) in [5.74, 6) is -0.667. The van der Waals surface area contributed by atoms with Crippen LogP contribution in [0.3, 0.4) is 0 Å². The number of amides is 4. The maximum Gasteiger partial charge on any atom is 0.325 e. The van der Waals surface area contributed by atoms with E-state index in [4.69, 9.17) is 0 Å². The summed E-state index contributed by atoms with van der Waals surface area (Å²) >= 11 is 0. The molecule has 29 heavy (non-hydrogen) atoms. The summed E-state index contributed by atoms with van der Waals surface area (Å²) in [5, 5.41) is 10.7. The van der Waals surface area contributed by atoms with Crippen LogP contribution < -0.4 is 10.2 Å². The van der Waals surface area contributed by atoms with Crippen molar-refractivity contribution in [2.45, 2.75) is 45.2 Å². The van der Waals surface area contributed by atoms with Gasteiger partial charge in [0, 0.05) is 30.9 Å². The molecular formula is C20H24N6O3. The zero-order chi connectivity index (χ0) is 20.5. The maximum absolute atomic E-state index is 12.9. The number of hydrogen-bond donors (Lipinski definition) is 1. The molecule has 9 heteroatoms. The van der Waals surface area contributed by atoms with Gasteiger partial charge in [-0.3, -0.25) is 14.5 Å². The molecule has 4 amide bonds. The fraction of sp³-hybridized carbons (Fsp3) is 0.450. The first kappa shape index (κ1) is 19.1. The summed E-state index contributed by atoms with van der Waals surface area (Å²) in [6.07, 6.45) is 3.79. The molecule has 1 fully saturated rings. The van der Waals surface area contributed by atoms with Gasteiger partial charge in [-0.1, -0.05) is 23.4 Å². The van der Waals surface area contributed by atoms with Crippen molar-refractivity contribution in [3.05, 3.63) is 41.7 Å². The van der Waals surface area contributed by atoms with E-state index in [0.717, 1.165) is 29.0 Å². The fourth-order valence-corrected chi connectivity index (χ4v) is 3.75. The molecule has 2 aliphatic rings. The Morgan fingerprint density at radius 2 is 2.07 bits per heavy atom. The van der Waals surface area contributed by atoms with E-state index in [1.807, 2.05) is 38.1 Å². The van der Waals surface area contributed by atoms with Gasteiger partial charge in [-0.25, -0.2) is 9.48 Å². The highest BCUT2D eigenvalue weighted by molar-refractivity contribution is 6.08. The van der Waals surface area contributed by atoms with Gasteiger partial charge in [0.2, 0.25) is 5.91 Å². The van der Waals surface area contributed by atoms with Gasteiger partial charge in [0.25, 0.3) is 5.91 Å². The second-order valence-corrected chi connectivity index (χ2v) is 7.69. The molecule has 0 bridgehead atoms. The van der Waals surface area contributed by atoms with Crippen LogP contribution in [-0.2, 0) is 22.4 Å². The van der Waals surface area contributed by atoms with Crippen molar-refractivity contribution in [2.75, 3.05) is 18.0 Å². The number of aromatic nitrogens is 3. The van der Waals surface area contributed by atoms with Crippen molar-refractivity contribution < 1.29 is 14.4 Å². The number of hydrogen-bond acceptors (Lipinski definition) is 5. The third-order valence-electron chi connectivity index (χ3n) is 5.31. The minimum Gasteiger partial charge on any atom is -0.325 e. The number of anilines is 1. The van der Waals surface area contributed by atoms with Crippen LogP contribution in [0.5, 0.6) is 0 Å². The van der Waals surface area contributed by atoms with Crippen LogP contribution in [0.4, 0.5) is 10.5 Å². The summed E-state index contributed by atoms with van der Waals surface area (Å²) in [6.45, 7) is 4.27. The Labute approximate surface area is 168 Å². The molecule has 0 radical (unpaired) electrons. The molecule has 0 saturated carbocycles. The lowest BCUT2D eigenvalue weighted by Gasteiger charge is -2.30. The van der Waals surface area contributed by atoms with Crippen molar-refractivity contribution in [3.8, 4) is 0 Å². The molecule has 9 nitrogen and oxygen atoms in total. The van der Waals surface area contributed by atoms with Crippen molar-refractivity contribution in [3.63, 3.8) is 0 Å². The zero-order valence-electron chi connectivity index (χ0n) is 16.5. The zero-order valence-corrected chi connectivity index (χ0v) is 16.5. The number of para-hydroxylation sites is 1. The second-order valence-electron chi connectivity index (χ2n) is 7.69. The molecular weight excluding hydrogens is 372 g/mol. The number of carbonyl (C=O) groups is 3. The largest absolute Gasteiger partial charge is 0.325 e. The van der Waals surface area contributed by atoms with Crippen molar-refractivity contribution in [1.82, 2.24) is 25.2 Å². The van der Waals surface area contributed by atoms with Crippen molar-refractivity contribution >= 4 is 23.5 Å². The number of aryl methyl sites for hydroxylation is 1. The monoisotopic (exact) mass is 396 g/mol. The Bertz CT molecular complexity index is 953. The predicted molar refractivity (Wildman–Crippen MR) is 105 cm³/mol. The van der Waals surface area contributed by atoms with E-state index in [2.05, 4.69) is 15.6 Å². The summed E-state index contributed by atoms with van der Waals surface area (Å²) in [5.41, 5.74) is 2.59. The van der Waals surface area contributed by atoms with Crippen LogP contribution in [0.1, 0.15) is 37.6 Å². The van der Waals surface area contributed by atoms with Crippen LogP contribution >= 0.6 is 0 Å². The number of nitrogens with one attached hydrogen (secondary N) is 1. The quantitative estimate of drug-likeness (QED) is 0.768. The van der Waals surface area contributed by atoms with Gasteiger partial charge in [-0.15, -0.1) is 5.10 Å². The Morgan fingerprint density at radius 1 is 1.28 bits per heavy atom. The highest BCUT2D eigenvalue weighted by Crippen LogP contribution is 2.27. The number of carbonyl (C=O) groups excluding carboxylic acids is 3. The van der Waals surface area contributed by atoms with E-state index in [1.54, 1.807) is 15.8 Å². The summed E-state index contributed by atoms with van der Waals surface area (Å²) in [6, 6.07) is 6.62. The van der Waals surface area contributed by atoms with Gasteiger partial charge in [-0.05, 0) is 38.3 Å². The Hall–Kier alpha value is -3.23. The van der Waals surface area contributed by atoms with E-state index in [1.165, 1.54) is 0 Å². The predicted octanol–water partition coefficient (Wildman–Crippen LogP) is 1.30. The fourth-order valence-electron chi connectivity index (χ4n) is 3.75. The maximum atomic E-state index is 12.9. The molecule has 3 heterocycles. The van der Waals surface area contributed by atoms with E-state index in [9.17, 15) is 14.4 Å². The normalized spacial score (nSPS) is 18.9. The number of nitrogens with zero attached hydrogens (tertiary/aromatic N) is 5. The van der Waals surface area contributed by atoms with Crippen LogP contribution in [0.2, 0.25) is 0 Å². The SMILES string of the molecule is CC(C)n1cc(C[C@@H]2NC(=O)N(CC(=O)N3CCCc4ccccc43)C2=O)nn1. The smallest absolute Gasteiger partial charge is 0.325 e. The first-order valence-corrected chi connectivity index (χ1v) is 9.85. The third kappa shape index (κ3) is 3.72. The standard InChI is InChI=1S/C20H24N6O3/c1-13(2)26-11-15(22-23-26)10-16-19(28)25(20(29)21-16)12-18(27)24-9-5-7-14-6-3-4-8-17(14)24/h3-4,6,8,11,13,16H,5,7,9-10,12H2,1-2H3,(H,21,29)/t16-/m0/s1. The minimum atomic E-state index is -0.735. The molecule has 4 rings (SSSR count). The van der Waals surface area contributed by atoms with E-state index >= 15 is 0 Å². The summed E-state index contributed by atoms with van der Waals surface area (Å²) in [4.78, 5) is 40.6. The van der Waals surface area contributed by atoms with E-state index in [-0.39, 0.29) is 24.9 Å². The van der Waals surface area contributed by atoms with Crippen LogP contribution in [-0.4, -0.2) is 56.9 Å². The first-order valence-electron chi connectivity index (χ1n) is 9.85. The molecule has 1 aromatic heterocycles. The first-order chi connectivity index (χ1) is 13.9. The van der Waals surface area contributed by atoms with Crippen molar-refractivity contribution in [2.24, 2.45) is 0 Å². The average Bonchev–Trinajstić information content (AvgIpc) is 3.28. The molecule has 0 unspecified atom stereocenters. The Morgan fingerprint density at radius 3 is 2.83 bits per heavy atom. The van der Waals surface area contributed by atoms with Crippen LogP contribution in [0, 0.1) is 0 Å². The van der Waals surface area contributed by atoms with Gasteiger partial charge in [-0.2, -0.15) is 0 Å². The van der Waals surface area contributed by atoms with Crippen LogP contribution in [0.25, 0.3) is 0 Å². The molecule has 0 spiro atoms. The molecule has 152 valence electrons. The van der Waals surface area contributed by atoms with Crippen LogP contribution in [0.15, 0.2) is 30.5 Å². The van der Waals surface area contributed by atoms with Gasteiger partial charge in [0.1, 0.15) is 12.6 Å². The van der Waals surface area contributed by atoms with E-state index < -0.39 is 18.0 Å². The topological polar surface area (TPSA) is 100 Å². The highest BCUT2D eigenvalue weighted by atomic mass is 16.2. The number of urea groups is 1. The van der Waals surface area contributed by atoms with Gasteiger partial charge in [0.15, 0.2) is 0 Å². The molecule has 1 aromatic carbocycles. The molecule has 0 aliphatic carbocycles. The van der Waals surface area contributed by atoms with Crippen molar-refractivity contribution in [1.29, 1.82) is 0 Å². The Kier molecular flexibility index (Phi) is 5.04. The lowest BCUT2D eigenvalue weighted by atomic mass is 10.0. The van der Waals surface area contributed by atoms with Gasteiger partial charge >= 0.3 is 6.03 Å². The minimum absolute atomic E-state index is 0.159. The summed E-state index contributed by atoms with van der Waals surface area (Å²) in [7, 11) is 0. The second kappa shape index (κ2) is 7.65. The highest BCUT2D eigenvalue weighted by Gasteiger charge is 2.40. The lowest BCUT2D eigenvalue weighted by Crippen LogP contribution is -2.45. The average molecular weight is 396 g/mol. The molecule has 1 N–H and O–H groups in total. The summed E-state index contributed by atoms with van der Waals surface area (Å²) < 4.78 is 1.70. The molecule has 2 aromatic rings. The number of rotatable bonds is 5. The number of benzene rings is 1.